The first-order chi connectivity index (χ1) is 9.81. The highest BCUT2D eigenvalue weighted by atomic mass is 35.5. The lowest BCUT2D eigenvalue weighted by molar-refractivity contribution is 0.217. The van der Waals surface area contributed by atoms with Crippen molar-refractivity contribution in [1.82, 2.24) is 10.2 Å². The molecule has 1 unspecified atom stereocenters. The van der Waals surface area contributed by atoms with Crippen molar-refractivity contribution in [2.75, 3.05) is 26.7 Å². The standard InChI is InChI=1S/C18H31ClN2/c1-6-11-20-17(15-8-7-9-16(19)13-15)10-12-21(5)14-18(2,3)4/h7-9,13,17,20H,6,10-12,14H2,1-5H3. The van der Waals surface area contributed by atoms with Crippen molar-refractivity contribution in [2.24, 2.45) is 5.41 Å². The molecule has 3 heteroatoms. The average molecular weight is 311 g/mol. The third-order valence-electron chi connectivity index (χ3n) is 3.44. The zero-order chi connectivity index (χ0) is 15.9. The SMILES string of the molecule is CCCNC(CCN(C)CC(C)(C)C)c1cccc(Cl)c1. The van der Waals surface area contributed by atoms with Crippen molar-refractivity contribution in [3.63, 3.8) is 0 Å². The molecule has 1 rings (SSSR count). The Kier molecular flexibility index (Phi) is 7.72. The van der Waals surface area contributed by atoms with Gasteiger partial charge in [-0.15, -0.1) is 0 Å². The van der Waals surface area contributed by atoms with Crippen molar-refractivity contribution < 1.29 is 0 Å². The second-order valence-electron chi connectivity index (χ2n) is 7.15. The monoisotopic (exact) mass is 310 g/mol. The molecule has 0 aliphatic carbocycles. The number of benzene rings is 1. The number of hydrogen-bond donors (Lipinski definition) is 1. The molecule has 120 valence electrons. The number of nitrogens with one attached hydrogen (secondary N) is 1. The van der Waals surface area contributed by atoms with Crippen LogP contribution in [-0.2, 0) is 0 Å². The molecule has 0 heterocycles. The van der Waals surface area contributed by atoms with Crippen LogP contribution in [0.15, 0.2) is 24.3 Å². The van der Waals surface area contributed by atoms with Crippen LogP contribution < -0.4 is 5.32 Å². The van der Waals surface area contributed by atoms with Crippen LogP contribution in [-0.4, -0.2) is 31.6 Å². The number of halogens is 1. The van der Waals surface area contributed by atoms with E-state index in [4.69, 9.17) is 11.6 Å². The summed E-state index contributed by atoms with van der Waals surface area (Å²) in [6.45, 7) is 12.3. The van der Waals surface area contributed by atoms with Gasteiger partial charge in [0.15, 0.2) is 0 Å². The molecule has 0 bridgehead atoms. The molecule has 0 amide bonds. The van der Waals surface area contributed by atoms with Gasteiger partial charge in [0.2, 0.25) is 0 Å². The lowest BCUT2D eigenvalue weighted by atomic mass is 9.96. The largest absolute Gasteiger partial charge is 0.310 e. The van der Waals surface area contributed by atoms with Gasteiger partial charge in [0.05, 0.1) is 0 Å². The number of nitrogens with zero attached hydrogens (tertiary/aromatic N) is 1. The minimum Gasteiger partial charge on any atom is -0.310 e. The smallest absolute Gasteiger partial charge is 0.0409 e. The summed E-state index contributed by atoms with van der Waals surface area (Å²) in [5, 5.41) is 4.46. The van der Waals surface area contributed by atoms with Crippen LogP contribution >= 0.6 is 11.6 Å². The van der Waals surface area contributed by atoms with Crippen LogP contribution in [0.5, 0.6) is 0 Å². The molecule has 2 nitrogen and oxygen atoms in total. The maximum Gasteiger partial charge on any atom is 0.0409 e. The van der Waals surface area contributed by atoms with Crippen molar-refractivity contribution in [1.29, 1.82) is 0 Å². The Bertz CT molecular complexity index is 412. The molecule has 1 N–H and O–H groups in total. The first-order valence-electron chi connectivity index (χ1n) is 7.99. The molecule has 0 fully saturated rings. The molecule has 0 aromatic heterocycles. The molecule has 1 aromatic carbocycles. The topological polar surface area (TPSA) is 15.3 Å². The van der Waals surface area contributed by atoms with Crippen molar-refractivity contribution >= 4 is 11.6 Å². The Morgan fingerprint density at radius 2 is 2.00 bits per heavy atom. The molecule has 0 saturated heterocycles. The highest BCUT2D eigenvalue weighted by Gasteiger charge is 2.16. The summed E-state index contributed by atoms with van der Waals surface area (Å²) in [5.41, 5.74) is 1.64. The van der Waals surface area contributed by atoms with Gasteiger partial charge in [0.1, 0.15) is 0 Å². The van der Waals surface area contributed by atoms with Crippen molar-refractivity contribution in [3.05, 3.63) is 34.9 Å². The van der Waals surface area contributed by atoms with Gasteiger partial charge >= 0.3 is 0 Å². The van der Waals surface area contributed by atoms with Crippen molar-refractivity contribution in [3.8, 4) is 0 Å². The fourth-order valence-corrected chi connectivity index (χ4v) is 2.87. The van der Waals surface area contributed by atoms with Gasteiger partial charge in [0.25, 0.3) is 0 Å². The zero-order valence-corrected chi connectivity index (χ0v) is 15.0. The molecule has 1 aromatic rings. The summed E-state index contributed by atoms with van der Waals surface area (Å²) in [7, 11) is 2.21. The van der Waals surface area contributed by atoms with Crippen LogP contribution in [0, 0.1) is 5.41 Å². The molecule has 21 heavy (non-hydrogen) atoms. The molecule has 1 atom stereocenters. The van der Waals surface area contributed by atoms with E-state index < -0.39 is 0 Å². The second kappa shape index (κ2) is 8.77. The van der Waals surface area contributed by atoms with Gasteiger partial charge in [-0.1, -0.05) is 51.4 Å². The maximum absolute atomic E-state index is 6.13. The zero-order valence-electron chi connectivity index (χ0n) is 14.2. The van der Waals surface area contributed by atoms with Gasteiger partial charge in [0, 0.05) is 17.6 Å². The Labute approximate surface area is 135 Å². The van der Waals surface area contributed by atoms with E-state index in [1.165, 1.54) is 5.56 Å². The molecule has 0 aliphatic heterocycles. The van der Waals surface area contributed by atoms with E-state index in [2.05, 4.69) is 57.1 Å². The fraction of sp³-hybridized carbons (Fsp3) is 0.667. The average Bonchev–Trinajstić information content (AvgIpc) is 2.36. The molecule has 0 aliphatic rings. The van der Waals surface area contributed by atoms with E-state index in [1.807, 2.05) is 12.1 Å². The Morgan fingerprint density at radius 3 is 2.57 bits per heavy atom. The number of hydrogen-bond acceptors (Lipinski definition) is 2. The third-order valence-corrected chi connectivity index (χ3v) is 3.67. The maximum atomic E-state index is 6.13. The lowest BCUT2D eigenvalue weighted by Crippen LogP contribution is -2.32. The Morgan fingerprint density at radius 1 is 1.29 bits per heavy atom. The van der Waals surface area contributed by atoms with Crippen LogP contribution in [0.4, 0.5) is 0 Å². The molecule has 0 radical (unpaired) electrons. The molecule has 0 saturated carbocycles. The van der Waals surface area contributed by atoms with Crippen LogP contribution in [0.25, 0.3) is 0 Å². The van der Waals surface area contributed by atoms with E-state index in [9.17, 15) is 0 Å². The minimum atomic E-state index is 0.344. The van der Waals surface area contributed by atoms with Crippen LogP contribution in [0.1, 0.15) is 52.1 Å². The quantitative estimate of drug-likeness (QED) is 0.745. The molecular weight excluding hydrogens is 280 g/mol. The first-order valence-corrected chi connectivity index (χ1v) is 8.37. The van der Waals surface area contributed by atoms with Crippen LogP contribution in [0.2, 0.25) is 5.02 Å². The summed E-state index contributed by atoms with van der Waals surface area (Å²) in [6, 6.07) is 8.61. The fourth-order valence-electron chi connectivity index (χ4n) is 2.67. The van der Waals surface area contributed by atoms with E-state index in [1.54, 1.807) is 0 Å². The number of rotatable bonds is 8. The normalized spacial score (nSPS) is 13.7. The summed E-state index contributed by atoms with van der Waals surface area (Å²) < 4.78 is 0. The first kappa shape index (κ1) is 18.5. The minimum absolute atomic E-state index is 0.344. The van der Waals surface area contributed by atoms with E-state index >= 15 is 0 Å². The van der Waals surface area contributed by atoms with Crippen LogP contribution in [0.3, 0.4) is 0 Å². The summed E-state index contributed by atoms with van der Waals surface area (Å²) in [6.07, 6.45) is 2.25. The van der Waals surface area contributed by atoms with Gasteiger partial charge < -0.3 is 10.2 Å². The van der Waals surface area contributed by atoms with Gasteiger partial charge in [-0.3, -0.25) is 0 Å². The summed E-state index contributed by atoms with van der Waals surface area (Å²) in [4.78, 5) is 2.42. The summed E-state index contributed by atoms with van der Waals surface area (Å²) >= 11 is 6.13. The molecular formula is C18H31ClN2. The third kappa shape index (κ3) is 7.85. The van der Waals surface area contributed by atoms with Gasteiger partial charge in [-0.05, 0) is 56.1 Å². The highest BCUT2D eigenvalue weighted by Crippen LogP contribution is 2.22. The highest BCUT2D eigenvalue weighted by molar-refractivity contribution is 6.30. The second-order valence-corrected chi connectivity index (χ2v) is 7.59. The lowest BCUT2D eigenvalue weighted by Gasteiger charge is -2.28. The Balaban J connectivity index is 2.62. The molecule has 0 spiro atoms. The predicted octanol–water partition coefficient (Wildman–Crippen LogP) is 4.75. The van der Waals surface area contributed by atoms with E-state index in [-0.39, 0.29) is 0 Å². The van der Waals surface area contributed by atoms with Crippen molar-refractivity contribution in [2.45, 2.75) is 46.6 Å². The Hall–Kier alpha value is -0.570. The van der Waals surface area contributed by atoms with Gasteiger partial charge in [-0.2, -0.15) is 0 Å². The van der Waals surface area contributed by atoms with E-state index in [0.29, 0.717) is 11.5 Å². The van der Waals surface area contributed by atoms with E-state index in [0.717, 1.165) is 37.5 Å². The van der Waals surface area contributed by atoms with Gasteiger partial charge in [-0.25, -0.2) is 0 Å². The summed E-state index contributed by atoms with van der Waals surface area (Å²) in [5.74, 6) is 0. The predicted molar refractivity (Wildman–Crippen MR) is 94.1 cm³/mol.